The summed E-state index contributed by atoms with van der Waals surface area (Å²) < 4.78 is 4.98. The van der Waals surface area contributed by atoms with E-state index in [2.05, 4.69) is 0 Å². The maximum absolute atomic E-state index is 11.6. The van der Waals surface area contributed by atoms with Gasteiger partial charge >= 0.3 is 0 Å². The van der Waals surface area contributed by atoms with Gasteiger partial charge < -0.3 is 9.64 Å². The highest BCUT2D eigenvalue weighted by Gasteiger charge is 2.23. The van der Waals surface area contributed by atoms with E-state index in [1.165, 1.54) is 17.0 Å². The molecule has 1 aliphatic heterocycles. The van der Waals surface area contributed by atoms with Gasteiger partial charge in [0.2, 0.25) is 0 Å². The van der Waals surface area contributed by atoms with Crippen LogP contribution in [0.15, 0.2) is 18.2 Å². The van der Waals surface area contributed by atoms with Crippen molar-refractivity contribution in [2.24, 2.45) is 0 Å². The zero-order chi connectivity index (χ0) is 12.4. The molecule has 2 rings (SSSR count). The molecule has 90 valence electrons. The highest BCUT2D eigenvalue weighted by atomic mass is 35.5. The van der Waals surface area contributed by atoms with Crippen LogP contribution in [-0.4, -0.2) is 30.6 Å². The lowest BCUT2D eigenvalue weighted by atomic mass is 10.2. The number of anilines is 1. The second kappa shape index (κ2) is 4.68. The fourth-order valence-electron chi connectivity index (χ4n) is 1.60. The van der Waals surface area contributed by atoms with Crippen molar-refractivity contribution in [1.29, 1.82) is 0 Å². The summed E-state index contributed by atoms with van der Waals surface area (Å²) in [5.41, 5.74) is 0.262. The van der Waals surface area contributed by atoms with Gasteiger partial charge in [-0.1, -0.05) is 11.6 Å². The molecule has 1 amide bonds. The Bertz CT molecular complexity index is 477. The number of carbonyl (C=O) groups is 1. The van der Waals surface area contributed by atoms with E-state index in [1.807, 2.05) is 0 Å². The first-order valence-corrected chi connectivity index (χ1v) is 5.29. The largest absolute Gasteiger partial charge is 0.370 e. The first kappa shape index (κ1) is 11.8. The molecule has 1 aromatic carbocycles. The minimum absolute atomic E-state index is 0.00355. The number of hydrogen-bond donors (Lipinski definition) is 0. The Morgan fingerprint density at radius 3 is 2.88 bits per heavy atom. The highest BCUT2D eigenvalue weighted by molar-refractivity contribution is 6.32. The second-order valence-electron chi connectivity index (χ2n) is 3.49. The van der Waals surface area contributed by atoms with Gasteiger partial charge in [-0.05, 0) is 12.1 Å². The molecule has 0 radical (unpaired) electrons. The summed E-state index contributed by atoms with van der Waals surface area (Å²) in [5, 5.41) is 10.8. The first-order chi connectivity index (χ1) is 8.09. The van der Waals surface area contributed by atoms with Gasteiger partial charge in [0.15, 0.2) is 0 Å². The molecule has 0 N–H and O–H groups in total. The van der Waals surface area contributed by atoms with Gasteiger partial charge in [-0.25, -0.2) is 0 Å². The molecular formula is C10H9ClN2O4. The molecular weight excluding hydrogens is 248 g/mol. The van der Waals surface area contributed by atoms with E-state index in [0.29, 0.717) is 18.8 Å². The molecule has 0 aromatic heterocycles. The number of hydrogen-bond acceptors (Lipinski definition) is 4. The maximum atomic E-state index is 11.6. The Hall–Kier alpha value is -1.66. The average Bonchev–Trinajstić information content (AvgIpc) is 2.30. The number of nitro benzene ring substituents is 1. The van der Waals surface area contributed by atoms with Crippen LogP contribution in [0.5, 0.6) is 0 Å². The third-order valence-electron chi connectivity index (χ3n) is 2.42. The smallest absolute Gasteiger partial charge is 0.289 e. The predicted octanol–water partition coefficient (Wildman–Crippen LogP) is 1.61. The van der Waals surface area contributed by atoms with Crippen molar-refractivity contribution in [3.8, 4) is 0 Å². The molecule has 1 aliphatic rings. The Morgan fingerprint density at radius 1 is 1.47 bits per heavy atom. The van der Waals surface area contributed by atoms with Crippen LogP contribution in [0.25, 0.3) is 0 Å². The highest BCUT2D eigenvalue weighted by Crippen LogP contribution is 2.29. The van der Waals surface area contributed by atoms with Gasteiger partial charge in [0.05, 0.1) is 17.2 Å². The van der Waals surface area contributed by atoms with Crippen LogP contribution in [0.3, 0.4) is 0 Å². The van der Waals surface area contributed by atoms with Crippen LogP contribution in [0.4, 0.5) is 11.4 Å². The lowest BCUT2D eigenvalue weighted by Gasteiger charge is -2.26. The monoisotopic (exact) mass is 256 g/mol. The summed E-state index contributed by atoms with van der Waals surface area (Å²) in [4.78, 5) is 23.2. The van der Waals surface area contributed by atoms with Crippen molar-refractivity contribution in [3.05, 3.63) is 33.3 Å². The third kappa shape index (κ3) is 2.37. The summed E-state index contributed by atoms with van der Waals surface area (Å²) in [6.07, 6.45) is 0. The van der Waals surface area contributed by atoms with E-state index in [-0.39, 0.29) is 23.2 Å². The fraction of sp³-hybridized carbons (Fsp3) is 0.300. The van der Waals surface area contributed by atoms with Gasteiger partial charge in [-0.15, -0.1) is 0 Å². The van der Waals surface area contributed by atoms with Crippen LogP contribution in [0.1, 0.15) is 0 Å². The lowest BCUT2D eigenvalue weighted by molar-refractivity contribution is -0.384. The SMILES string of the molecule is O=C1COCCN1c1ccc(Cl)c([N+](=O)[O-])c1. The van der Waals surface area contributed by atoms with Crippen molar-refractivity contribution in [2.45, 2.75) is 0 Å². The van der Waals surface area contributed by atoms with E-state index in [1.54, 1.807) is 6.07 Å². The summed E-state index contributed by atoms with van der Waals surface area (Å²) in [6, 6.07) is 4.29. The molecule has 0 atom stereocenters. The van der Waals surface area contributed by atoms with Crippen LogP contribution in [0.2, 0.25) is 5.02 Å². The van der Waals surface area contributed by atoms with Gasteiger partial charge in [-0.3, -0.25) is 14.9 Å². The number of halogens is 1. The van der Waals surface area contributed by atoms with Crippen LogP contribution in [0, 0.1) is 10.1 Å². The molecule has 17 heavy (non-hydrogen) atoms. The summed E-state index contributed by atoms with van der Waals surface area (Å²) >= 11 is 5.70. The number of benzene rings is 1. The minimum atomic E-state index is -0.573. The van der Waals surface area contributed by atoms with Crippen LogP contribution < -0.4 is 4.90 Å². The molecule has 0 unspecified atom stereocenters. The van der Waals surface area contributed by atoms with Gasteiger partial charge in [0.25, 0.3) is 11.6 Å². The summed E-state index contributed by atoms with van der Waals surface area (Å²) in [5.74, 6) is -0.215. The molecule has 0 aliphatic carbocycles. The number of ether oxygens (including phenoxy) is 1. The summed E-state index contributed by atoms with van der Waals surface area (Å²) in [7, 11) is 0. The van der Waals surface area contributed by atoms with Crippen molar-refractivity contribution < 1.29 is 14.5 Å². The predicted molar refractivity (Wildman–Crippen MR) is 61.3 cm³/mol. The normalized spacial score (nSPS) is 16.1. The van der Waals surface area contributed by atoms with E-state index in [4.69, 9.17) is 16.3 Å². The van der Waals surface area contributed by atoms with Gasteiger partial charge in [0.1, 0.15) is 11.6 Å². The number of morpholine rings is 1. The van der Waals surface area contributed by atoms with Crippen LogP contribution >= 0.6 is 11.6 Å². The standard InChI is InChI=1S/C10H9ClN2O4/c11-8-2-1-7(5-9(8)13(15)16)12-3-4-17-6-10(12)14/h1-2,5H,3-4,6H2. The molecule has 1 heterocycles. The van der Waals surface area contributed by atoms with E-state index in [9.17, 15) is 14.9 Å². The average molecular weight is 257 g/mol. The van der Waals surface area contributed by atoms with Crippen molar-refractivity contribution in [1.82, 2.24) is 0 Å². The molecule has 6 nitrogen and oxygen atoms in total. The lowest BCUT2D eigenvalue weighted by Crippen LogP contribution is -2.41. The van der Waals surface area contributed by atoms with Crippen molar-refractivity contribution >= 4 is 28.9 Å². The third-order valence-corrected chi connectivity index (χ3v) is 2.74. The first-order valence-electron chi connectivity index (χ1n) is 4.91. The molecule has 0 spiro atoms. The molecule has 0 saturated carbocycles. The van der Waals surface area contributed by atoms with Crippen molar-refractivity contribution in [3.63, 3.8) is 0 Å². The zero-order valence-corrected chi connectivity index (χ0v) is 9.51. The fourth-order valence-corrected chi connectivity index (χ4v) is 1.79. The number of rotatable bonds is 2. The van der Waals surface area contributed by atoms with E-state index >= 15 is 0 Å². The Kier molecular flexibility index (Phi) is 3.26. The van der Waals surface area contributed by atoms with Crippen molar-refractivity contribution in [2.75, 3.05) is 24.7 Å². The van der Waals surface area contributed by atoms with Crippen LogP contribution in [-0.2, 0) is 9.53 Å². The summed E-state index contributed by atoms with van der Waals surface area (Å²) in [6.45, 7) is 0.802. The van der Waals surface area contributed by atoms with Gasteiger partial charge in [-0.2, -0.15) is 0 Å². The maximum Gasteiger partial charge on any atom is 0.289 e. The molecule has 1 aromatic rings. The van der Waals surface area contributed by atoms with E-state index < -0.39 is 4.92 Å². The zero-order valence-electron chi connectivity index (χ0n) is 8.76. The Labute approximate surface area is 102 Å². The number of amides is 1. The quantitative estimate of drug-likeness (QED) is 0.595. The Morgan fingerprint density at radius 2 is 2.24 bits per heavy atom. The van der Waals surface area contributed by atoms with E-state index in [0.717, 1.165) is 0 Å². The Balaban J connectivity index is 2.35. The second-order valence-corrected chi connectivity index (χ2v) is 3.90. The number of nitrogens with zero attached hydrogens (tertiary/aromatic N) is 2. The molecule has 0 bridgehead atoms. The molecule has 7 heteroatoms. The molecule has 1 saturated heterocycles. The number of nitro groups is 1. The number of carbonyl (C=O) groups excluding carboxylic acids is 1. The van der Waals surface area contributed by atoms with Gasteiger partial charge in [0, 0.05) is 12.6 Å². The minimum Gasteiger partial charge on any atom is -0.370 e. The topological polar surface area (TPSA) is 72.7 Å². The molecule has 1 fully saturated rings.